The number of hydrogen-bond acceptors (Lipinski definition) is 3. The molecule has 1 aliphatic heterocycles. The number of ether oxygens (including phenoxy) is 1. The number of carbonyl (C=O) groups excluding carboxylic acids is 2. The molecule has 2 aromatic rings. The Morgan fingerprint density at radius 2 is 1.93 bits per heavy atom. The normalized spacial score (nSPS) is 14.4. The Hall–Kier alpha value is -2.44. The van der Waals surface area contributed by atoms with Crippen LogP contribution in [0.5, 0.6) is 0 Å². The second-order valence-electron chi connectivity index (χ2n) is 7.30. The molecule has 1 fully saturated rings. The number of carbonyl (C=O) groups is 2. The molecular weight excluding hydrogens is 395 g/mol. The Kier molecular flexibility index (Phi) is 7.23. The van der Waals surface area contributed by atoms with Gasteiger partial charge in [-0.2, -0.15) is 0 Å². The molecule has 2 N–H and O–H groups in total. The highest BCUT2D eigenvalue weighted by Crippen LogP contribution is 2.19. The van der Waals surface area contributed by atoms with Crippen molar-refractivity contribution in [2.75, 3.05) is 25.1 Å². The van der Waals surface area contributed by atoms with Gasteiger partial charge in [0, 0.05) is 36.0 Å². The fourth-order valence-corrected chi connectivity index (χ4v) is 3.52. The van der Waals surface area contributed by atoms with Crippen LogP contribution in [0.4, 0.5) is 10.1 Å². The lowest BCUT2D eigenvalue weighted by molar-refractivity contribution is -0.115. The first-order valence-electron chi connectivity index (χ1n) is 9.62. The van der Waals surface area contributed by atoms with Crippen molar-refractivity contribution < 1.29 is 18.7 Å². The van der Waals surface area contributed by atoms with E-state index in [0.717, 1.165) is 31.6 Å². The van der Waals surface area contributed by atoms with Gasteiger partial charge in [0.15, 0.2) is 0 Å². The van der Waals surface area contributed by atoms with E-state index in [4.69, 9.17) is 16.3 Å². The van der Waals surface area contributed by atoms with Crippen LogP contribution in [0.1, 0.15) is 34.3 Å². The summed E-state index contributed by atoms with van der Waals surface area (Å²) in [7, 11) is 0. The molecule has 154 valence electrons. The molecule has 1 aliphatic rings. The Labute approximate surface area is 174 Å². The average molecular weight is 419 g/mol. The van der Waals surface area contributed by atoms with Gasteiger partial charge in [0.05, 0.1) is 6.42 Å². The van der Waals surface area contributed by atoms with Crippen molar-refractivity contribution in [1.82, 2.24) is 5.32 Å². The molecule has 0 spiro atoms. The summed E-state index contributed by atoms with van der Waals surface area (Å²) in [5, 5.41) is 6.00. The Morgan fingerprint density at radius 3 is 2.66 bits per heavy atom. The van der Waals surface area contributed by atoms with Crippen LogP contribution in [0.15, 0.2) is 36.4 Å². The van der Waals surface area contributed by atoms with E-state index < -0.39 is 5.82 Å². The molecule has 1 heterocycles. The lowest BCUT2D eigenvalue weighted by Gasteiger charge is -2.22. The fraction of sp³-hybridized carbons (Fsp3) is 0.364. The minimum Gasteiger partial charge on any atom is -0.381 e. The van der Waals surface area contributed by atoms with Crippen molar-refractivity contribution in [2.45, 2.75) is 26.2 Å². The number of halogens is 2. The molecule has 0 saturated carbocycles. The maximum atomic E-state index is 13.5. The van der Waals surface area contributed by atoms with Crippen LogP contribution in [0, 0.1) is 18.7 Å². The predicted molar refractivity (Wildman–Crippen MR) is 111 cm³/mol. The molecule has 2 amide bonds. The van der Waals surface area contributed by atoms with E-state index in [-0.39, 0.29) is 23.3 Å². The van der Waals surface area contributed by atoms with E-state index in [1.807, 2.05) is 6.92 Å². The van der Waals surface area contributed by atoms with Crippen molar-refractivity contribution in [2.24, 2.45) is 5.92 Å². The second kappa shape index (κ2) is 9.85. The predicted octanol–water partition coefficient (Wildman–Crippen LogP) is 4.13. The second-order valence-corrected chi connectivity index (χ2v) is 7.73. The monoisotopic (exact) mass is 418 g/mol. The molecule has 0 bridgehead atoms. The summed E-state index contributed by atoms with van der Waals surface area (Å²) in [6.45, 7) is 3.92. The summed E-state index contributed by atoms with van der Waals surface area (Å²) in [5.41, 5.74) is 2.34. The number of rotatable bonds is 6. The van der Waals surface area contributed by atoms with Gasteiger partial charge in [-0.05, 0) is 67.1 Å². The Bertz CT molecular complexity index is 877. The number of nitrogens with one attached hydrogen (secondary N) is 2. The van der Waals surface area contributed by atoms with Crippen LogP contribution in [0.2, 0.25) is 5.02 Å². The molecule has 29 heavy (non-hydrogen) atoms. The highest BCUT2D eigenvalue weighted by molar-refractivity contribution is 6.30. The standard InChI is InChI=1S/C22H24ClFN2O3/c1-14-2-3-17(22(28)25-13-15-4-6-29-7-5-15)11-20(14)26-21(27)10-16-8-18(23)12-19(24)9-16/h2-3,8-9,11-12,15H,4-7,10,13H2,1H3,(H,25,28)(H,26,27). The van der Waals surface area contributed by atoms with E-state index in [9.17, 15) is 14.0 Å². The highest BCUT2D eigenvalue weighted by Gasteiger charge is 2.16. The van der Waals surface area contributed by atoms with Crippen LogP contribution in [0.3, 0.4) is 0 Å². The van der Waals surface area contributed by atoms with Crippen LogP contribution in [-0.4, -0.2) is 31.6 Å². The van der Waals surface area contributed by atoms with Gasteiger partial charge < -0.3 is 15.4 Å². The molecule has 0 atom stereocenters. The summed E-state index contributed by atoms with van der Waals surface area (Å²) in [5.74, 6) is -0.548. The van der Waals surface area contributed by atoms with Gasteiger partial charge in [-0.3, -0.25) is 9.59 Å². The SMILES string of the molecule is Cc1ccc(C(=O)NCC2CCOCC2)cc1NC(=O)Cc1cc(F)cc(Cl)c1. The number of anilines is 1. The maximum Gasteiger partial charge on any atom is 0.251 e. The smallest absolute Gasteiger partial charge is 0.251 e. The number of aryl methyl sites for hydroxylation is 1. The van der Waals surface area contributed by atoms with Crippen molar-refractivity contribution in [3.8, 4) is 0 Å². The van der Waals surface area contributed by atoms with E-state index >= 15 is 0 Å². The van der Waals surface area contributed by atoms with Crippen LogP contribution < -0.4 is 10.6 Å². The number of hydrogen-bond donors (Lipinski definition) is 2. The van der Waals surface area contributed by atoms with Crippen LogP contribution in [0.25, 0.3) is 0 Å². The quantitative estimate of drug-likeness (QED) is 0.741. The van der Waals surface area contributed by atoms with E-state index in [1.165, 1.54) is 12.1 Å². The van der Waals surface area contributed by atoms with Gasteiger partial charge in [-0.25, -0.2) is 4.39 Å². The van der Waals surface area contributed by atoms with Crippen LogP contribution >= 0.6 is 11.6 Å². The topological polar surface area (TPSA) is 67.4 Å². The van der Waals surface area contributed by atoms with E-state index in [2.05, 4.69) is 10.6 Å². The first-order valence-corrected chi connectivity index (χ1v) is 10.00. The summed E-state index contributed by atoms with van der Waals surface area (Å²) in [4.78, 5) is 24.9. The van der Waals surface area contributed by atoms with Gasteiger partial charge in [0.2, 0.25) is 5.91 Å². The third kappa shape index (κ3) is 6.27. The number of amides is 2. The molecule has 0 unspecified atom stereocenters. The van der Waals surface area contributed by atoms with Gasteiger partial charge in [-0.15, -0.1) is 0 Å². The zero-order valence-electron chi connectivity index (χ0n) is 16.3. The van der Waals surface area contributed by atoms with E-state index in [0.29, 0.717) is 29.3 Å². The van der Waals surface area contributed by atoms with Crippen molar-refractivity contribution in [3.63, 3.8) is 0 Å². The first kappa shape index (κ1) is 21.3. The van der Waals surface area contributed by atoms with Gasteiger partial charge in [0.25, 0.3) is 5.91 Å². The Balaban J connectivity index is 1.61. The molecule has 0 aromatic heterocycles. The van der Waals surface area contributed by atoms with Crippen LogP contribution in [-0.2, 0) is 16.0 Å². The minimum atomic E-state index is -0.486. The first-order chi connectivity index (χ1) is 13.9. The van der Waals surface area contributed by atoms with Crippen molar-refractivity contribution in [3.05, 3.63) is 63.9 Å². The summed E-state index contributed by atoms with van der Waals surface area (Å²) >= 11 is 5.84. The third-order valence-electron chi connectivity index (χ3n) is 4.95. The zero-order valence-corrected chi connectivity index (χ0v) is 17.0. The molecule has 0 aliphatic carbocycles. The minimum absolute atomic E-state index is 0.0168. The molecule has 0 radical (unpaired) electrons. The molecule has 1 saturated heterocycles. The molecule has 3 rings (SSSR count). The molecular formula is C22H24ClFN2O3. The third-order valence-corrected chi connectivity index (χ3v) is 5.17. The lowest BCUT2D eigenvalue weighted by atomic mass is 10.0. The summed E-state index contributed by atoms with van der Waals surface area (Å²) in [6, 6.07) is 9.20. The van der Waals surface area contributed by atoms with Gasteiger partial charge >= 0.3 is 0 Å². The molecule has 5 nitrogen and oxygen atoms in total. The largest absolute Gasteiger partial charge is 0.381 e. The Morgan fingerprint density at radius 1 is 1.17 bits per heavy atom. The number of benzene rings is 2. The van der Waals surface area contributed by atoms with E-state index in [1.54, 1.807) is 24.3 Å². The summed E-state index contributed by atoms with van der Waals surface area (Å²) in [6.07, 6.45) is 1.87. The lowest BCUT2D eigenvalue weighted by Crippen LogP contribution is -2.32. The average Bonchev–Trinajstić information content (AvgIpc) is 2.67. The highest BCUT2D eigenvalue weighted by atomic mass is 35.5. The van der Waals surface area contributed by atoms with Crippen molar-refractivity contribution >= 4 is 29.1 Å². The zero-order chi connectivity index (χ0) is 20.8. The summed E-state index contributed by atoms with van der Waals surface area (Å²) < 4.78 is 18.8. The van der Waals surface area contributed by atoms with Crippen molar-refractivity contribution in [1.29, 1.82) is 0 Å². The maximum absolute atomic E-state index is 13.5. The molecule has 7 heteroatoms. The molecule has 2 aromatic carbocycles. The fourth-order valence-electron chi connectivity index (χ4n) is 3.28. The van der Waals surface area contributed by atoms with Gasteiger partial charge in [-0.1, -0.05) is 17.7 Å². The van der Waals surface area contributed by atoms with Gasteiger partial charge in [0.1, 0.15) is 5.82 Å².